The Kier molecular flexibility index (Phi) is 4.76. The van der Waals surface area contributed by atoms with Gasteiger partial charge >= 0.3 is 0 Å². The summed E-state index contributed by atoms with van der Waals surface area (Å²) in [7, 11) is -2.92. The van der Waals surface area contributed by atoms with Crippen LogP contribution in [0.25, 0.3) is 0 Å². The molecule has 132 valence electrons. The minimum atomic E-state index is -2.92. The smallest absolute Gasteiger partial charge is 0.255 e. The van der Waals surface area contributed by atoms with E-state index in [9.17, 15) is 13.2 Å². The Bertz CT molecular complexity index is 892. The second kappa shape index (κ2) is 6.84. The fourth-order valence-electron chi connectivity index (χ4n) is 2.76. The number of carbonyl (C=O) groups is 1. The van der Waals surface area contributed by atoms with Crippen LogP contribution in [-0.2, 0) is 9.84 Å². The lowest BCUT2D eigenvalue weighted by Crippen LogP contribution is -2.21. The van der Waals surface area contributed by atoms with Gasteiger partial charge in [-0.2, -0.15) is 0 Å². The summed E-state index contributed by atoms with van der Waals surface area (Å²) >= 11 is 0. The summed E-state index contributed by atoms with van der Waals surface area (Å²) in [5, 5.41) is 5.93. The summed E-state index contributed by atoms with van der Waals surface area (Å²) in [6, 6.07) is 8.95. The molecule has 6 nitrogen and oxygen atoms in total. The zero-order chi connectivity index (χ0) is 18.0. The van der Waals surface area contributed by atoms with Gasteiger partial charge in [-0.3, -0.25) is 4.79 Å². The first kappa shape index (κ1) is 17.4. The van der Waals surface area contributed by atoms with Gasteiger partial charge in [-0.05, 0) is 55.7 Å². The Balaban J connectivity index is 1.62. The molecule has 1 unspecified atom stereocenters. The first-order valence-corrected chi connectivity index (χ1v) is 9.96. The number of rotatable bonds is 4. The van der Waals surface area contributed by atoms with Gasteiger partial charge in [-0.15, -0.1) is 0 Å². The number of carbonyl (C=O) groups excluding carboxylic acids is 1. The zero-order valence-corrected chi connectivity index (χ0v) is 15.1. The number of benzene rings is 1. The molecule has 2 N–H and O–H groups in total. The quantitative estimate of drug-likeness (QED) is 0.876. The van der Waals surface area contributed by atoms with Gasteiger partial charge in [0.15, 0.2) is 9.84 Å². The first-order valence-electron chi connectivity index (χ1n) is 8.14. The van der Waals surface area contributed by atoms with E-state index in [0.29, 0.717) is 23.5 Å². The lowest BCUT2D eigenvalue weighted by atomic mass is 10.1. The van der Waals surface area contributed by atoms with Crippen molar-refractivity contribution in [3.63, 3.8) is 0 Å². The molecule has 0 aliphatic carbocycles. The van der Waals surface area contributed by atoms with E-state index in [1.54, 1.807) is 24.4 Å². The van der Waals surface area contributed by atoms with Gasteiger partial charge in [0, 0.05) is 11.6 Å². The fourth-order valence-corrected chi connectivity index (χ4v) is 4.43. The summed E-state index contributed by atoms with van der Waals surface area (Å²) in [6.07, 6.45) is 2.15. The van der Waals surface area contributed by atoms with Crippen LogP contribution in [0, 0.1) is 13.8 Å². The van der Waals surface area contributed by atoms with Crippen molar-refractivity contribution in [3.8, 4) is 0 Å². The molecular weight excluding hydrogens is 338 g/mol. The van der Waals surface area contributed by atoms with E-state index in [2.05, 4.69) is 15.6 Å². The summed E-state index contributed by atoms with van der Waals surface area (Å²) in [5.41, 5.74) is 3.40. The van der Waals surface area contributed by atoms with Crippen molar-refractivity contribution >= 4 is 27.2 Å². The van der Waals surface area contributed by atoms with Crippen molar-refractivity contribution in [3.05, 3.63) is 53.2 Å². The Morgan fingerprint density at radius 2 is 1.96 bits per heavy atom. The topological polar surface area (TPSA) is 88.2 Å². The van der Waals surface area contributed by atoms with Crippen LogP contribution in [0.2, 0.25) is 0 Å². The highest BCUT2D eigenvalue weighted by molar-refractivity contribution is 7.91. The molecule has 3 rings (SSSR count). The minimum Gasteiger partial charge on any atom is -0.366 e. The minimum absolute atomic E-state index is 0.103. The van der Waals surface area contributed by atoms with Crippen molar-refractivity contribution in [1.82, 2.24) is 4.98 Å². The Morgan fingerprint density at radius 1 is 1.16 bits per heavy atom. The van der Waals surface area contributed by atoms with E-state index in [0.717, 1.165) is 11.1 Å². The summed E-state index contributed by atoms with van der Waals surface area (Å²) in [6.45, 7) is 3.97. The van der Waals surface area contributed by atoms with Crippen LogP contribution in [-0.4, -0.2) is 36.9 Å². The molecule has 1 atom stereocenters. The standard InChI is InChI=1S/C18H21N3O3S/c1-12-3-4-14(9-13(12)2)18(22)21-15-5-6-17(19-10-15)20-16-7-8-25(23,24)11-16/h3-6,9-10,16H,7-8,11H2,1-2H3,(H,19,20)(H,21,22). The number of aryl methyl sites for hydroxylation is 2. The number of pyridine rings is 1. The maximum absolute atomic E-state index is 12.3. The van der Waals surface area contributed by atoms with Crippen LogP contribution in [0.3, 0.4) is 0 Å². The SMILES string of the molecule is Cc1ccc(C(=O)Nc2ccc(NC3CCS(=O)(=O)C3)nc2)cc1C. The van der Waals surface area contributed by atoms with Gasteiger partial charge in [0.25, 0.3) is 5.91 Å². The number of hydrogen-bond acceptors (Lipinski definition) is 5. The van der Waals surface area contributed by atoms with Gasteiger partial charge < -0.3 is 10.6 Å². The first-order chi connectivity index (χ1) is 11.8. The van der Waals surface area contributed by atoms with Crippen molar-refractivity contribution in [2.75, 3.05) is 22.1 Å². The molecular formula is C18H21N3O3S. The molecule has 1 aliphatic heterocycles. The predicted molar refractivity (Wildman–Crippen MR) is 98.8 cm³/mol. The molecule has 0 saturated carbocycles. The van der Waals surface area contributed by atoms with Crippen LogP contribution in [0.4, 0.5) is 11.5 Å². The Labute approximate surface area is 147 Å². The number of nitrogens with zero attached hydrogens (tertiary/aromatic N) is 1. The number of sulfone groups is 1. The van der Waals surface area contributed by atoms with Crippen LogP contribution < -0.4 is 10.6 Å². The fraction of sp³-hybridized carbons (Fsp3) is 0.333. The van der Waals surface area contributed by atoms with Gasteiger partial charge in [0.1, 0.15) is 5.82 Å². The molecule has 7 heteroatoms. The number of anilines is 2. The third-order valence-corrected chi connectivity index (χ3v) is 6.14. The molecule has 0 bridgehead atoms. The lowest BCUT2D eigenvalue weighted by Gasteiger charge is -2.12. The molecule has 1 aliphatic rings. The summed E-state index contributed by atoms with van der Waals surface area (Å²) in [4.78, 5) is 16.5. The van der Waals surface area contributed by atoms with E-state index in [1.165, 1.54) is 0 Å². The molecule has 2 heterocycles. The summed E-state index contributed by atoms with van der Waals surface area (Å²) in [5.74, 6) is 0.771. The van der Waals surface area contributed by atoms with Crippen LogP contribution >= 0.6 is 0 Å². The second-order valence-electron chi connectivity index (χ2n) is 6.43. The highest BCUT2D eigenvalue weighted by Crippen LogP contribution is 2.18. The largest absolute Gasteiger partial charge is 0.366 e. The molecule has 1 fully saturated rings. The molecule has 1 aromatic carbocycles. The number of nitrogens with one attached hydrogen (secondary N) is 2. The molecule has 1 aromatic heterocycles. The lowest BCUT2D eigenvalue weighted by molar-refractivity contribution is 0.102. The monoisotopic (exact) mass is 359 g/mol. The second-order valence-corrected chi connectivity index (χ2v) is 8.66. The average Bonchev–Trinajstić information content (AvgIpc) is 2.90. The van der Waals surface area contributed by atoms with E-state index in [-0.39, 0.29) is 23.5 Å². The van der Waals surface area contributed by atoms with Crippen molar-refractivity contribution in [1.29, 1.82) is 0 Å². The number of hydrogen-bond donors (Lipinski definition) is 2. The normalized spacial score (nSPS) is 18.7. The highest BCUT2D eigenvalue weighted by Gasteiger charge is 2.27. The van der Waals surface area contributed by atoms with E-state index < -0.39 is 9.84 Å². The third kappa shape index (κ3) is 4.36. The van der Waals surface area contributed by atoms with Gasteiger partial charge in [0.2, 0.25) is 0 Å². The Morgan fingerprint density at radius 3 is 2.56 bits per heavy atom. The van der Waals surface area contributed by atoms with Crippen LogP contribution in [0.5, 0.6) is 0 Å². The van der Waals surface area contributed by atoms with Crippen molar-refractivity contribution in [2.45, 2.75) is 26.3 Å². The summed E-state index contributed by atoms with van der Waals surface area (Å²) < 4.78 is 23.0. The van der Waals surface area contributed by atoms with E-state index in [4.69, 9.17) is 0 Å². The molecule has 1 saturated heterocycles. The average molecular weight is 359 g/mol. The van der Waals surface area contributed by atoms with Crippen LogP contribution in [0.1, 0.15) is 27.9 Å². The van der Waals surface area contributed by atoms with Gasteiger partial charge in [-0.1, -0.05) is 6.07 Å². The van der Waals surface area contributed by atoms with Crippen molar-refractivity contribution in [2.24, 2.45) is 0 Å². The number of amides is 1. The molecule has 0 radical (unpaired) electrons. The molecule has 0 spiro atoms. The van der Waals surface area contributed by atoms with Gasteiger partial charge in [0.05, 0.1) is 23.4 Å². The zero-order valence-electron chi connectivity index (χ0n) is 14.2. The van der Waals surface area contributed by atoms with Gasteiger partial charge in [-0.25, -0.2) is 13.4 Å². The molecule has 2 aromatic rings. The van der Waals surface area contributed by atoms with E-state index in [1.807, 2.05) is 26.0 Å². The predicted octanol–water partition coefficient (Wildman–Crippen LogP) is 2.55. The van der Waals surface area contributed by atoms with Crippen molar-refractivity contribution < 1.29 is 13.2 Å². The molecule has 1 amide bonds. The maximum Gasteiger partial charge on any atom is 0.255 e. The van der Waals surface area contributed by atoms with E-state index >= 15 is 0 Å². The Hall–Kier alpha value is -2.41. The van der Waals surface area contributed by atoms with Crippen LogP contribution in [0.15, 0.2) is 36.5 Å². The maximum atomic E-state index is 12.3. The third-order valence-electron chi connectivity index (χ3n) is 4.37. The molecule has 25 heavy (non-hydrogen) atoms. The number of aromatic nitrogens is 1. The highest BCUT2D eigenvalue weighted by atomic mass is 32.2.